The van der Waals surface area contributed by atoms with Crippen LogP contribution in [0.25, 0.3) is 0 Å². The van der Waals surface area contributed by atoms with Gasteiger partial charge in [0.1, 0.15) is 0 Å². The van der Waals surface area contributed by atoms with Gasteiger partial charge in [0.2, 0.25) is 0 Å². The van der Waals surface area contributed by atoms with E-state index in [4.69, 9.17) is 40.5 Å². The van der Waals surface area contributed by atoms with Crippen molar-refractivity contribution in [2.24, 2.45) is 32.9 Å². The highest BCUT2D eigenvalue weighted by Crippen LogP contribution is 2.44. The second-order valence-electron chi connectivity index (χ2n) is 4.62. The minimum absolute atomic E-state index is 0.0268. The summed E-state index contributed by atoms with van der Waals surface area (Å²) in [5.74, 6) is 0.0536. The summed E-state index contributed by atoms with van der Waals surface area (Å²) in [7, 11) is -1.60. The third-order valence-electron chi connectivity index (χ3n) is 2.45. The van der Waals surface area contributed by atoms with E-state index in [1.54, 1.807) is 0 Å². The molecule has 0 spiro atoms. The van der Waals surface area contributed by atoms with Crippen LogP contribution in [0.4, 0.5) is 11.4 Å². The van der Waals surface area contributed by atoms with E-state index in [1.807, 2.05) is 48.5 Å². The minimum atomic E-state index is -4.67. The Morgan fingerprint density at radius 1 is 0.741 bits per heavy atom. The van der Waals surface area contributed by atoms with Crippen molar-refractivity contribution in [1.82, 2.24) is 0 Å². The lowest BCUT2D eigenvalue weighted by atomic mass is 10.3. The lowest BCUT2D eigenvalue weighted by Crippen LogP contribution is -2.22. The van der Waals surface area contributed by atoms with Gasteiger partial charge in [-0.05, 0) is 24.3 Å². The van der Waals surface area contributed by atoms with Crippen molar-refractivity contribution >= 4 is 55.3 Å². The van der Waals surface area contributed by atoms with E-state index in [0.717, 1.165) is 21.2 Å². The number of hydrogen-bond donors (Lipinski definition) is 6. The lowest BCUT2D eigenvalue weighted by Gasteiger charge is -2.07. The van der Waals surface area contributed by atoms with Crippen molar-refractivity contribution in [3.63, 3.8) is 0 Å². The third-order valence-corrected chi connectivity index (χ3v) is 4.91. The van der Waals surface area contributed by atoms with Crippen molar-refractivity contribution in [3.8, 4) is 0 Å². The first-order valence-electron chi connectivity index (χ1n) is 6.98. The van der Waals surface area contributed by atoms with E-state index >= 15 is 0 Å². The predicted octanol–water partition coefficient (Wildman–Crippen LogP) is 1.64. The standard InChI is InChI=1S/C14H16N6S2.H2O4S/c15-13(16)19-9-5-1-3-7-11(9)21-22-12-8-4-2-6-10(12)20-14(17)18;1-5(2,3)4/h1-8H,(H4,15,16,19)(H4,17,18,20);(H2,1,2,3,4). The van der Waals surface area contributed by atoms with Crippen molar-refractivity contribution in [3.05, 3.63) is 48.5 Å². The van der Waals surface area contributed by atoms with Crippen molar-refractivity contribution in [2.45, 2.75) is 9.79 Å². The Hall–Kier alpha value is -2.45. The molecule has 0 aliphatic heterocycles. The van der Waals surface area contributed by atoms with Crippen molar-refractivity contribution < 1.29 is 17.5 Å². The van der Waals surface area contributed by atoms with Crippen LogP contribution < -0.4 is 22.9 Å². The average Bonchev–Trinajstić information content (AvgIpc) is 2.52. The molecule has 0 radical (unpaired) electrons. The fourth-order valence-electron chi connectivity index (χ4n) is 1.61. The molecule has 0 heterocycles. The molecular weight excluding hydrogens is 412 g/mol. The molecule has 0 bridgehead atoms. The molecule has 0 amide bonds. The first kappa shape index (κ1) is 22.6. The topological polar surface area (TPSA) is 203 Å². The summed E-state index contributed by atoms with van der Waals surface area (Å²) in [6.45, 7) is 0. The van der Waals surface area contributed by atoms with Gasteiger partial charge >= 0.3 is 10.4 Å². The number of guanidine groups is 2. The number of nitrogens with two attached hydrogens (primary N) is 4. The Bertz CT molecular complexity index is 856. The molecular formula is C14H18N6O4S3. The lowest BCUT2D eigenvalue weighted by molar-refractivity contribution is 0.381. The molecule has 0 aliphatic carbocycles. The van der Waals surface area contributed by atoms with Gasteiger partial charge in [-0.2, -0.15) is 8.42 Å². The van der Waals surface area contributed by atoms with Gasteiger partial charge in [0.15, 0.2) is 11.9 Å². The summed E-state index contributed by atoms with van der Waals surface area (Å²) in [6, 6.07) is 15.2. The number of nitrogens with zero attached hydrogens (tertiary/aromatic N) is 2. The molecule has 0 fully saturated rings. The van der Waals surface area contributed by atoms with Crippen LogP contribution in [0, 0.1) is 0 Å². The van der Waals surface area contributed by atoms with Gasteiger partial charge in [0.05, 0.1) is 11.4 Å². The summed E-state index contributed by atoms with van der Waals surface area (Å²) in [5, 5.41) is 0. The van der Waals surface area contributed by atoms with Gasteiger partial charge < -0.3 is 22.9 Å². The minimum Gasteiger partial charge on any atom is -0.370 e. The molecule has 2 rings (SSSR count). The van der Waals surface area contributed by atoms with Crippen LogP contribution >= 0.6 is 21.6 Å². The zero-order valence-corrected chi connectivity index (χ0v) is 16.2. The van der Waals surface area contributed by atoms with E-state index in [-0.39, 0.29) is 11.9 Å². The first-order chi connectivity index (χ1) is 12.6. The molecule has 146 valence electrons. The Kier molecular flexibility index (Phi) is 8.90. The third kappa shape index (κ3) is 10.3. The van der Waals surface area contributed by atoms with Gasteiger partial charge in [0.25, 0.3) is 0 Å². The van der Waals surface area contributed by atoms with E-state index in [2.05, 4.69) is 9.98 Å². The van der Waals surface area contributed by atoms with Gasteiger partial charge in [-0.25, -0.2) is 9.98 Å². The van der Waals surface area contributed by atoms with Gasteiger partial charge in [-0.3, -0.25) is 9.11 Å². The maximum absolute atomic E-state index is 8.74. The fourth-order valence-corrected chi connectivity index (χ4v) is 3.84. The zero-order valence-electron chi connectivity index (χ0n) is 13.8. The number of hydrogen-bond acceptors (Lipinski definition) is 6. The van der Waals surface area contributed by atoms with E-state index < -0.39 is 10.4 Å². The molecule has 0 unspecified atom stereocenters. The summed E-state index contributed by atoms with van der Waals surface area (Å²) >= 11 is 0. The maximum Gasteiger partial charge on any atom is 0.394 e. The van der Waals surface area contributed by atoms with Crippen LogP contribution in [0.2, 0.25) is 0 Å². The highest BCUT2D eigenvalue weighted by Gasteiger charge is 2.06. The van der Waals surface area contributed by atoms with E-state index in [9.17, 15) is 0 Å². The number of aliphatic imine (C=N–C) groups is 2. The SMILES string of the molecule is NC(N)=Nc1ccccc1SSc1ccccc1N=C(N)N.O=S(=O)(O)O. The van der Waals surface area contributed by atoms with Crippen molar-refractivity contribution in [2.75, 3.05) is 0 Å². The Labute approximate surface area is 164 Å². The van der Waals surface area contributed by atoms with Gasteiger partial charge in [0, 0.05) is 9.79 Å². The summed E-state index contributed by atoms with van der Waals surface area (Å²) in [5.41, 5.74) is 23.2. The molecule has 27 heavy (non-hydrogen) atoms. The quantitative estimate of drug-likeness (QED) is 0.175. The summed E-state index contributed by atoms with van der Waals surface area (Å²) in [6.07, 6.45) is 0. The molecule has 0 aromatic heterocycles. The largest absolute Gasteiger partial charge is 0.394 e. The van der Waals surface area contributed by atoms with Crippen LogP contribution in [0.3, 0.4) is 0 Å². The number of para-hydroxylation sites is 2. The Morgan fingerprint density at radius 2 is 1.04 bits per heavy atom. The molecule has 10 N–H and O–H groups in total. The number of rotatable bonds is 5. The number of benzene rings is 2. The van der Waals surface area contributed by atoms with E-state index in [0.29, 0.717) is 0 Å². The molecule has 2 aromatic rings. The molecule has 10 nitrogen and oxygen atoms in total. The molecule has 0 saturated carbocycles. The normalized spacial score (nSPS) is 10.3. The molecule has 0 saturated heterocycles. The smallest absolute Gasteiger partial charge is 0.370 e. The predicted molar refractivity (Wildman–Crippen MR) is 110 cm³/mol. The van der Waals surface area contributed by atoms with Gasteiger partial charge in [-0.15, -0.1) is 0 Å². The summed E-state index contributed by atoms with van der Waals surface area (Å²) < 4.78 is 31.6. The summed E-state index contributed by atoms with van der Waals surface area (Å²) in [4.78, 5) is 10.1. The first-order valence-corrected chi connectivity index (χ1v) is 10.5. The molecule has 0 aliphatic rings. The zero-order chi connectivity index (χ0) is 20.4. The Morgan fingerprint density at radius 3 is 1.33 bits per heavy atom. The fraction of sp³-hybridized carbons (Fsp3) is 0. The van der Waals surface area contributed by atoms with Crippen LogP contribution in [0.1, 0.15) is 0 Å². The Balaban J connectivity index is 0.000000646. The highest BCUT2D eigenvalue weighted by molar-refractivity contribution is 8.76. The van der Waals surface area contributed by atoms with Crippen molar-refractivity contribution in [1.29, 1.82) is 0 Å². The molecule has 0 atom stereocenters. The van der Waals surface area contributed by atoms with Crippen LogP contribution in [0.5, 0.6) is 0 Å². The molecule has 2 aromatic carbocycles. The second-order valence-corrected chi connectivity index (χ2v) is 7.73. The monoisotopic (exact) mass is 430 g/mol. The van der Waals surface area contributed by atoms with E-state index in [1.165, 1.54) is 21.6 Å². The molecule has 13 heteroatoms. The van der Waals surface area contributed by atoms with Crippen LogP contribution in [-0.4, -0.2) is 29.4 Å². The van der Waals surface area contributed by atoms with Crippen LogP contribution in [-0.2, 0) is 10.4 Å². The second kappa shape index (κ2) is 10.6. The average molecular weight is 431 g/mol. The highest BCUT2D eigenvalue weighted by atomic mass is 33.1. The van der Waals surface area contributed by atoms with Gasteiger partial charge in [-0.1, -0.05) is 45.9 Å². The van der Waals surface area contributed by atoms with Crippen LogP contribution in [0.15, 0.2) is 68.3 Å². The maximum atomic E-state index is 8.74.